The highest BCUT2D eigenvalue weighted by Gasteiger charge is 2.14. The Balaban J connectivity index is 2.52. The van der Waals surface area contributed by atoms with E-state index in [0.717, 1.165) is 23.2 Å². The summed E-state index contributed by atoms with van der Waals surface area (Å²) in [6.07, 6.45) is 2.58. The van der Waals surface area contributed by atoms with E-state index in [1.807, 2.05) is 0 Å². The van der Waals surface area contributed by atoms with E-state index in [1.54, 1.807) is 0 Å². The van der Waals surface area contributed by atoms with Gasteiger partial charge in [0.05, 0.1) is 5.69 Å². The molecule has 0 radical (unpaired) electrons. The van der Waals surface area contributed by atoms with Crippen LogP contribution in [0.2, 0.25) is 0 Å². The first-order valence-corrected chi connectivity index (χ1v) is 6.33. The van der Waals surface area contributed by atoms with Crippen molar-refractivity contribution in [1.82, 2.24) is 9.97 Å². The standard InChI is InChI=1S/C15H19N3/c1-4-11-5-7-12(8-6-11)14-13(10(2)3)15(16)18-9-17-14/h5-10H,4H2,1-3H3,(H2,16,17,18). The van der Waals surface area contributed by atoms with Crippen molar-refractivity contribution >= 4 is 5.82 Å². The van der Waals surface area contributed by atoms with E-state index in [2.05, 4.69) is 55.0 Å². The summed E-state index contributed by atoms with van der Waals surface area (Å²) < 4.78 is 0. The van der Waals surface area contributed by atoms with Crippen molar-refractivity contribution in [3.8, 4) is 11.3 Å². The smallest absolute Gasteiger partial charge is 0.130 e. The van der Waals surface area contributed by atoms with Gasteiger partial charge in [0.25, 0.3) is 0 Å². The largest absolute Gasteiger partial charge is 0.383 e. The Kier molecular flexibility index (Phi) is 3.60. The van der Waals surface area contributed by atoms with E-state index in [1.165, 1.54) is 11.9 Å². The van der Waals surface area contributed by atoms with Gasteiger partial charge in [0.1, 0.15) is 12.1 Å². The minimum Gasteiger partial charge on any atom is -0.383 e. The van der Waals surface area contributed by atoms with Gasteiger partial charge in [-0.1, -0.05) is 45.0 Å². The predicted octanol–water partition coefficient (Wildman–Crippen LogP) is 3.41. The lowest BCUT2D eigenvalue weighted by molar-refractivity contribution is 0.854. The fourth-order valence-corrected chi connectivity index (χ4v) is 2.11. The van der Waals surface area contributed by atoms with Gasteiger partial charge < -0.3 is 5.73 Å². The Labute approximate surface area is 108 Å². The zero-order valence-corrected chi connectivity index (χ0v) is 11.1. The van der Waals surface area contributed by atoms with E-state index in [0.29, 0.717) is 11.7 Å². The van der Waals surface area contributed by atoms with Crippen molar-refractivity contribution in [2.75, 3.05) is 5.73 Å². The molecule has 0 aliphatic carbocycles. The molecule has 0 atom stereocenters. The molecular weight excluding hydrogens is 222 g/mol. The molecule has 0 unspecified atom stereocenters. The van der Waals surface area contributed by atoms with Gasteiger partial charge in [-0.15, -0.1) is 0 Å². The number of hydrogen-bond donors (Lipinski definition) is 1. The molecule has 0 fully saturated rings. The van der Waals surface area contributed by atoms with Crippen molar-refractivity contribution in [2.24, 2.45) is 0 Å². The predicted molar refractivity (Wildman–Crippen MR) is 75.3 cm³/mol. The second-order valence-electron chi connectivity index (χ2n) is 4.73. The molecule has 2 N–H and O–H groups in total. The van der Waals surface area contributed by atoms with E-state index < -0.39 is 0 Å². The summed E-state index contributed by atoms with van der Waals surface area (Å²) in [5.74, 6) is 0.890. The Morgan fingerprint density at radius 2 is 1.78 bits per heavy atom. The summed E-state index contributed by atoms with van der Waals surface area (Å²) in [6, 6.07) is 8.48. The van der Waals surface area contributed by atoms with Crippen LogP contribution >= 0.6 is 0 Å². The monoisotopic (exact) mass is 241 g/mol. The molecule has 2 rings (SSSR count). The number of benzene rings is 1. The molecule has 0 aliphatic rings. The van der Waals surface area contributed by atoms with E-state index in [4.69, 9.17) is 5.73 Å². The van der Waals surface area contributed by atoms with Crippen LogP contribution in [0.1, 0.15) is 37.8 Å². The zero-order valence-electron chi connectivity index (χ0n) is 11.1. The molecule has 94 valence electrons. The Hall–Kier alpha value is -1.90. The molecule has 0 amide bonds. The lowest BCUT2D eigenvalue weighted by atomic mass is 9.97. The number of nitrogens with two attached hydrogens (primary N) is 1. The first-order chi connectivity index (χ1) is 8.63. The highest BCUT2D eigenvalue weighted by Crippen LogP contribution is 2.30. The van der Waals surface area contributed by atoms with E-state index in [-0.39, 0.29) is 0 Å². The van der Waals surface area contributed by atoms with Gasteiger partial charge in [0.15, 0.2) is 0 Å². The third kappa shape index (κ3) is 2.35. The average Bonchev–Trinajstić information content (AvgIpc) is 2.38. The summed E-state index contributed by atoms with van der Waals surface area (Å²) in [6.45, 7) is 6.37. The van der Waals surface area contributed by atoms with Gasteiger partial charge in [-0.05, 0) is 17.9 Å². The maximum Gasteiger partial charge on any atom is 0.130 e. The molecule has 18 heavy (non-hydrogen) atoms. The van der Waals surface area contributed by atoms with E-state index >= 15 is 0 Å². The summed E-state index contributed by atoms with van der Waals surface area (Å²) in [5.41, 5.74) is 10.4. The minimum atomic E-state index is 0.312. The van der Waals surface area contributed by atoms with Crippen molar-refractivity contribution < 1.29 is 0 Å². The van der Waals surface area contributed by atoms with Gasteiger partial charge in [0.2, 0.25) is 0 Å². The fraction of sp³-hybridized carbons (Fsp3) is 0.333. The highest BCUT2D eigenvalue weighted by molar-refractivity contribution is 5.68. The molecule has 0 saturated heterocycles. The summed E-state index contributed by atoms with van der Waals surface area (Å²) in [4.78, 5) is 8.48. The van der Waals surface area contributed by atoms with Crippen LogP contribution in [0.4, 0.5) is 5.82 Å². The topological polar surface area (TPSA) is 51.8 Å². The molecule has 3 heteroatoms. The number of nitrogen functional groups attached to an aromatic ring is 1. The van der Waals surface area contributed by atoms with Crippen LogP contribution in [0.15, 0.2) is 30.6 Å². The van der Waals surface area contributed by atoms with Crippen LogP contribution < -0.4 is 5.73 Å². The molecule has 0 saturated carbocycles. The van der Waals surface area contributed by atoms with Gasteiger partial charge in [-0.2, -0.15) is 0 Å². The normalized spacial score (nSPS) is 10.9. The molecule has 3 nitrogen and oxygen atoms in total. The molecule has 0 aliphatic heterocycles. The SMILES string of the molecule is CCc1ccc(-c2ncnc(N)c2C(C)C)cc1. The number of aryl methyl sites for hydroxylation is 1. The molecule has 1 aromatic carbocycles. The van der Waals surface area contributed by atoms with Crippen molar-refractivity contribution in [3.63, 3.8) is 0 Å². The molecule has 1 aromatic heterocycles. The lowest BCUT2D eigenvalue weighted by Gasteiger charge is -2.13. The van der Waals surface area contributed by atoms with Crippen molar-refractivity contribution in [3.05, 3.63) is 41.7 Å². The molecule has 2 aromatic rings. The zero-order chi connectivity index (χ0) is 13.1. The maximum absolute atomic E-state index is 5.96. The third-order valence-corrected chi connectivity index (χ3v) is 3.13. The molecule has 1 heterocycles. The van der Waals surface area contributed by atoms with Gasteiger partial charge in [-0.25, -0.2) is 9.97 Å². The quantitative estimate of drug-likeness (QED) is 0.895. The number of hydrogen-bond acceptors (Lipinski definition) is 3. The van der Waals surface area contributed by atoms with Gasteiger partial charge >= 0.3 is 0 Å². The Morgan fingerprint density at radius 1 is 1.11 bits per heavy atom. The van der Waals surface area contributed by atoms with Gasteiger partial charge in [-0.3, -0.25) is 0 Å². The van der Waals surface area contributed by atoms with E-state index in [9.17, 15) is 0 Å². The first kappa shape index (κ1) is 12.6. The summed E-state index contributed by atoms with van der Waals surface area (Å²) >= 11 is 0. The second-order valence-corrected chi connectivity index (χ2v) is 4.73. The highest BCUT2D eigenvalue weighted by atomic mass is 14.9. The lowest BCUT2D eigenvalue weighted by Crippen LogP contribution is -2.04. The number of rotatable bonds is 3. The van der Waals surface area contributed by atoms with Gasteiger partial charge in [0, 0.05) is 11.1 Å². The minimum absolute atomic E-state index is 0.312. The molecule has 0 bridgehead atoms. The van der Waals surface area contributed by atoms with Crippen molar-refractivity contribution in [2.45, 2.75) is 33.1 Å². The number of nitrogens with zero attached hydrogens (tertiary/aromatic N) is 2. The molecule has 0 spiro atoms. The van der Waals surface area contributed by atoms with Crippen LogP contribution in [0, 0.1) is 0 Å². The number of aromatic nitrogens is 2. The van der Waals surface area contributed by atoms with Crippen molar-refractivity contribution in [1.29, 1.82) is 0 Å². The first-order valence-electron chi connectivity index (χ1n) is 6.33. The summed E-state index contributed by atoms with van der Waals surface area (Å²) in [5, 5.41) is 0. The van der Waals surface area contributed by atoms with Crippen LogP contribution in [0.3, 0.4) is 0 Å². The Morgan fingerprint density at radius 3 is 2.33 bits per heavy atom. The second kappa shape index (κ2) is 5.17. The average molecular weight is 241 g/mol. The number of anilines is 1. The maximum atomic E-state index is 5.96. The summed E-state index contributed by atoms with van der Waals surface area (Å²) in [7, 11) is 0. The van der Waals surface area contributed by atoms with Crippen LogP contribution in [0.5, 0.6) is 0 Å². The third-order valence-electron chi connectivity index (χ3n) is 3.13. The fourth-order valence-electron chi connectivity index (χ4n) is 2.11. The molecular formula is C15H19N3. The van der Waals surface area contributed by atoms with Crippen LogP contribution in [0.25, 0.3) is 11.3 Å². The van der Waals surface area contributed by atoms with Crippen LogP contribution in [-0.4, -0.2) is 9.97 Å². The van der Waals surface area contributed by atoms with Crippen LogP contribution in [-0.2, 0) is 6.42 Å². The Bertz CT molecular complexity index is 530.